The van der Waals surface area contributed by atoms with E-state index >= 15 is 0 Å². The van der Waals surface area contributed by atoms with E-state index in [1.54, 1.807) is 0 Å². The average Bonchev–Trinajstić information content (AvgIpc) is 2.82. The molecule has 0 fully saturated rings. The summed E-state index contributed by atoms with van der Waals surface area (Å²) in [5.74, 6) is 0. The highest BCUT2D eigenvalue weighted by molar-refractivity contribution is 7.26. The average molecular weight is 262 g/mol. The maximum atomic E-state index is 2.28. The van der Waals surface area contributed by atoms with Crippen LogP contribution in [0.5, 0.6) is 0 Å². The highest BCUT2D eigenvalue weighted by atomic mass is 32.1. The van der Waals surface area contributed by atoms with E-state index in [9.17, 15) is 0 Å². The summed E-state index contributed by atoms with van der Waals surface area (Å²) in [6.07, 6.45) is 0. The molecule has 0 unspecified atom stereocenters. The molecule has 0 atom stereocenters. The maximum absolute atomic E-state index is 2.28. The number of fused-ring (bicyclic) bond motifs is 5. The molecular formula is C18H14S. The molecule has 0 saturated heterocycles. The lowest BCUT2D eigenvalue weighted by atomic mass is 10.0. The summed E-state index contributed by atoms with van der Waals surface area (Å²) in [4.78, 5) is 0. The number of hydrogen-bond acceptors (Lipinski definition) is 1. The molecule has 0 spiro atoms. The summed E-state index contributed by atoms with van der Waals surface area (Å²) in [5, 5.41) is 5.54. The predicted octanol–water partition coefficient (Wildman–Crippen LogP) is 5.82. The zero-order valence-corrected chi connectivity index (χ0v) is 11.8. The lowest BCUT2D eigenvalue weighted by Crippen LogP contribution is -1.80. The second-order valence-corrected chi connectivity index (χ2v) is 6.20. The normalized spacial score (nSPS) is 11.7. The van der Waals surface area contributed by atoms with Crippen LogP contribution in [0.2, 0.25) is 0 Å². The molecule has 0 aliphatic rings. The number of benzene rings is 3. The third-order valence-electron chi connectivity index (χ3n) is 4.06. The molecule has 0 saturated carbocycles. The highest BCUT2D eigenvalue weighted by Gasteiger charge is 2.10. The molecule has 1 aromatic heterocycles. The molecule has 19 heavy (non-hydrogen) atoms. The third-order valence-corrected chi connectivity index (χ3v) is 5.26. The summed E-state index contributed by atoms with van der Waals surface area (Å²) < 4.78 is 2.82. The number of rotatable bonds is 0. The Bertz CT molecular complexity index is 929. The molecule has 0 amide bonds. The molecule has 4 aromatic rings. The second-order valence-electron chi connectivity index (χ2n) is 5.15. The summed E-state index contributed by atoms with van der Waals surface area (Å²) in [5.41, 5.74) is 2.79. The third kappa shape index (κ3) is 1.45. The van der Waals surface area contributed by atoms with Crippen molar-refractivity contribution in [1.82, 2.24) is 0 Å². The van der Waals surface area contributed by atoms with Crippen LogP contribution >= 0.6 is 11.3 Å². The predicted molar refractivity (Wildman–Crippen MR) is 86.3 cm³/mol. The Hall–Kier alpha value is -1.86. The number of thiophene rings is 1. The quantitative estimate of drug-likeness (QED) is 0.374. The van der Waals surface area contributed by atoms with Crippen LogP contribution in [0.4, 0.5) is 0 Å². The molecule has 0 aliphatic heterocycles. The smallest absolute Gasteiger partial charge is 0.0433 e. The van der Waals surface area contributed by atoms with Crippen molar-refractivity contribution < 1.29 is 0 Å². The zero-order chi connectivity index (χ0) is 13.0. The van der Waals surface area contributed by atoms with Crippen LogP contribution in [0.25, 0.3) is 30.9 Å². The fraction of sp³-hybridized carbons (Fsp3) is 0.111. The monoisotopic (exact) mass is 262 g/mol. The molecule has 0 bridgehead atoms. The molecule has 1 heteroatoms. The van der Waals surface area contributed by atoms with Crippen LogP contribution in [0.3, 0.4) is 0 Å². The Balaban J connectivity index is 2.32. The van der Waals surface area contributed by atoms with E-state index in [1.807, 2.05) is 11.3 Å². The first kappa shape index (κ1) is 11.0. The van der Waals surface area contributed by atoms with Gasteiger partial charge in [-0.2, -0.15) is 0 Å². The van der Waals surface area contributed by atoms with Gasteiger partial charge >= 0.3 is 0 Å². The summed E-state index contributed by atoms with van der Waals surface area (Å²) in [6, 6.07) is 17.7. The topological polar surface area (TPSA) is 0 Å². The zero-order valence-electron chi connectivity index (χ0n) is 11.0. The van der Waals surface area contributed by atoms with Gasteiger partial charge in [0.15, 0.2) is 0 Å². The number of aryl methyl sites for hydroxylation is 2. The van der Waals surface area contributed by atoms with Gasteiger partial charge in [0.2, 0.25) is 0 Å². The molecule has 0 N–H and O–H groups in total. The first-order chi connectivity index (χ1) is 9.25. The molecule has 92 valence electrons. The van der Waals surface area contributed by atoms with Crippen molar-refractivity contribution in [3.8, 4) is 0 Å². The van der Waals surface area contributed by atoms with Gasteiger partial charge < -0.3 is 0 Å². The van der Waals surface area contributed by atoms with Crippen LogP contribution in [0, 0.1) is 13.8 Å². The summed E-state index contributed by atoms with van der Waals surface area (Å²) in [6.45, 7) is 4.43. The van der Waals surface area contributed by atoms with Crippen molar-refractivity contribution in [2.45, 2.75) is 13.8 Å². The van der Waals surface area contributed by atoms with Crippen molar-refractivity contribution >= 4 is 42.3 Å². The van der Waals surface area contributed by atoms with Gasteiger partial charge in [0.25, 0.3) is 0 Å². The molecule has 0 radical (unpaired) electrons. The largest absolute Gasteiger partial charge is 0.135 e. The van der Waals surface area contributed by atoms with Crippen LogP contribution in [-0.4, -0.2) is 0 Å². The lowest BCUT2D eigenvalue weighted by molar-refractivity contribution is 1.39. The van der Waals surface area contributed by atoms with Gasteiger partial charge in [-0.1, -0.05) is 42.5 Å². The van der Waals surface area contributed by atoms with Gasteiger partial charge in [0.05, 0.1) is 0 Å². The van der Waals surface area contributed by atoms with E-state index in [0.29, 0.717) is 0 Å². The van der Waals surface area contributed by atoms with E-state index in [0.717, 1.165) is 0 Å². The van der Waals surface area contributed by atoms with Crippen molar-refractivity contribution in [3.05, 3.63) is 59.7 Å². The summed E-state index contributed by atoms with van der Waals surface area (Å²) >= 11 is 1.91. The SMILES string of the molecule is Cc1ccc2sc3c4ccccc4ccc3c2c1C. The number of hydrogen-bond donors (Lipinski definition) is 0. The van der Waals surface area contributed by atoms with Crippen LogP contribution < -0.4 is 0 Å². The van der Waals surface area contributed by atoms with Gasteiger partial charge in [-0.05, 0) is 41.8 Å². The molecular weight excluding hydrogens is 248 g/mol. The molecule has 0 nitrogen and oxygen atoms in total. The molecule has 1 heterocycles. The van der Waals surface area contributed by atoms with Crippen molar-refractivity contribution in [3.63, 3.8) is 0 Å². The Labute approximate surface area is 116 Å². The Morgan fingerprint density at radius 3 is 2.53 bits per heavy atom. The summed E-state index contributed by atoms with van der Waals surface area (Å²) in [7, 11) is 0. The minimum atomic E-state index is 1.33. The maximum Gasteiger partial charge on any atom is 0.0433 e. The van der Waals surface area contributed by atoms with Crippen LogP contribution in [-0.2, 0) is 0 Å². The highest BCUT2D eigenvalue weighted by Crippen LogP contribution is 2.40. The fourth-order valence-electron chi connectivity index (χ4n) is 2.87. The van der Waals surface area contributed by atoms with Crippen molar-refractivity contribution in [1.29, 1.82) is 0 Å². The van der Waals surface area contributed by atoms with E-state index in [1.165, 1.54) is 42.1 Å². The van der Waals surface area contributed by atoms with Gasteiger partial charge in [0.1, 0.15) is 0 Å². The lowest BCUT2D eigenvalue weighted by Gasteiger charge is -2.02. The van der Waals surface area contributed by atoms with E-state index in [-0.39, 0.29) is 0 Å². The van der Waals surface area contributed by atoms with Gasteiger partial charge in [-0.3, -0.25) is 0 Å². The molecule has 4 rings (SSSR count). The van der Waals surface area contributed by atoms with Crippen LogP contribution in [0.1, 0.15) is 11.1 Å². The Kier molecular flexibility index (Phi) is 2.21. The first-order valence-corrected chi connectivity index (χ1v) is 7.37. The standard InChI is InChI=1S/C18H14S/c1-11-7-10-16-17(12(11)2)15-9-8-13-5-3-4-6-14(13)18(15)19-16/h3-10H,1-2H3. The van der Waals surface area contributed by atoms with Gasteiger partial charge in [-0.25, -0.2) is 0 Å². The van der Waals surface area contributed by atoms with Gasteiger partial charge in [-0.15, -0.1) is 11.3 Å². The van der Waals surface area contributed by atoms with Crippen LogP contribution in [0.15, 0.2) is 48.5 Å². The Morgan fingerprint density at radius 1 is 0.789 bits per heavy atom. The molecule has 3 aromatic carbocycles. The van der Waals surface area contributed by atoms with Gasteiger partial charge in [0, 0.05) is 20.2 Å². The van der Waals surface area contributed by atoms with E-state index in [2.05, 4.69) is 62.4 Å². The minimum absolute atomic E-state index is 1.33. The van der Waals surface area contributed by atoms with Crippen molar-refractivity contribution in [2.75, 3.05) is 0 Å². The second kappa shape index (κ2) is 3.82. The Morgan fingerprint density at radius 2 is 1.63 bits per heavy atom. The minimum Gasteiger partial charge on any atom is -0.135 e. The van der Waals surface area contributed by atoms with E-state index < -0.39 is 0 Å². The first-order valence-electron chi connectivity index (χ1n) is 6.56. The molecule has 0 aliphatic carbocycles. The van der Waals surface area contributed by atoms with E-state index in [4.69, 9.17) is 0 Å². The fourth-order valence-corrected chi connectivity index (χ4v) is 4.17. The van der Waals surface area contributed by atoms with Crippen molar-refractivity contribution in [2.24, 2.45) is 0 Å².